The second kappa shape index (κ2) is 5.89. The number of nitrogens with one attached hydrogen (secondary N) is 1. The van der Waals surface area contributed by atoms with E-state index >= 15 is 0 Å². The van der Waals surface area contributed by atoms with Crippen molar-refractivity contribution < 1.29 is 0 Å². The van der Waals surface area contributed by atoms with Crippen molar-refractivity contribution in [2.24, 2.45) is 0 Å². The highest BCUT2D eigenvalue weighted by Crippen LogP contribution is 2.23. The summed E-state index contributed by atoms with van der Waals surface area (Å²) in [4.78, 5) is 10.1. The molecule has 2 aromatic rings. The van der Waals surface area contributed by atoms with Crippen molar-refractivity contribution in [3.8, 4) is 0 Å². The molecule has 90 valence electrons. The summed E-state index contributed by atoms with van der Waals surface area (Å²) in [6.45, 7) is 5.14. The standard InChI is InChI=1S/C13H17N3S/c1-3-6-14-12(11-5-4-7-17-11)13-15-8-10(2)9-16-13/h4-5,7-9,12,14H,3,6H2,1-2H3. The molecule has 0 aromatic carbocycles. The quantitative estimate of drug-likeness (QED) is 0.882. The first-order valence-corrected chi connectivity index (χ1v) is 6.74. The van der Waals surface area contributed by atoms with Crippen LogP contribution in [0.25, 0.3) is 0 Å². The zero-order valence-corrected chi connectivity index (χ0v) is 11.0. The molecule has 2 heterocycles. The number of thiophene rings is 1. The largest absolute Gasteiger partial charge is 0.303 e. The van der Waals surface area contributed by atoms with Gasteiger partial charge in [0.25, 0.3) is 0 Å². The molecule has 0 spiro atoms. The number of aryl methyl sites for hydroxylation is 1. The van der Waals surface area contributed by atoms with Crippen LogP contribution in [0, 0.1) is 6.92 Å². The number of rotatable bonds is 5. The molecule has 0 aliphatic rings. The first-order valence-electron chi connectivity index (χ1n) is 5.86. The van der Waals surface area contributed by atoms with Crippen LogP contribution in [0.15, 0.2) is 29.9 Å². The van der Waals surface area contributed by atoms with Crippen molar-refractivity contribution in [1.82, 2.24) is 15.3 Å². The van der Waals surface area contributed by atoms with Gasteiger partial charge in [0, 0.05) is 17.3 Å². The van der Waals surface area contributed by atoms with Crippen LogP contribution in [-0.2, 0) is 0 Å². The van der Waals surface area contributed by atoms with E-state index in [0.717, 1.165) is 24.4 Å². The van der Waals surface area contributed by atoms with Gasteiger partial charge in [-0.25, -0.2) is 9.97 Å². The van der Waals surface area contributed by atoms with E-state index in [0.29, 0.717) is 0 Å². The molecule has 1 atom stereocenters. The maximum atomic E-state index is 4.42. The molecule has 1 N–H and O–H groups in total. The van der Waals surface area contributed by atoms with Crippen LogP contribution >= 0.6 is 11.3 Å². The van der Waals surface area contributed by atoms with Gasteiger partial charge in [-0.2, -0.15) is 0 Å². The Hall–Kier alpha value is -1.26. The molecule has 0 saturated carbocycles. The van der Waals surface area contributed by atoms with Gasteiger partial charge in [0.15, 0.2) is 0 Å². The van der Waals surface area contributed by atoms with Crippen molar-refractivity contribution >= 4 is 11.3 Å². The van der Waals surface area contributed by atoms with Crippen molar-refractivity contribution in [3.05, 3.63) is 46.2 Å². The van der Waals surface area contributed by atoms with Crippen LogP contribution in [0.1, 0.15) is 35.7 Å². The van der Waals surface area contributed by atoms with Gasteiger partial charge in [0.2, 0.25) is 0 Å². The van der Waals surface area contributed by atoms with E-state index in [4.69, 9.17) is 0 Å². The van der Waals surface area contributed by atoms with Gasteiger partial charge in [0.1, 0.15) is 11.9 Å². The summed E-state index contributed by atoms with van der Waals surface area (Å²) in [5, 5.41) is 5.58. The highest BCUT2D eigenvalue weighted by atomic mass is 32.1. The number of hydrogen-bond donors (Lipinski definition) is 1. The maximum absolute atomic E-state index is 4.42. The molecule has 0 aliphatic heterocycles. The van der Waals surface area contributed by atoms with E-state index in [1.807, 2.05) is 19.3 Å². The molecule has 0 fully saturated rings. The van der Waals surface area contributed by atoms with Crippen LogP contribution in [0.4, 0.5) is 0 Å². The number of hydrogen-bond acceptors (Lipinski definition) is 4. The Morgan fingerprint density at radius 1 is 1.35 bits per heavy atom. The molecule has 4 heteroatoms. The number of nitrogens with zero attached hydrogens (tertiary/aromatic N) is 2. The third kappa shape index (κ3) is 3.11. The van der Waals surface area contributed by atoms with Crippen molar-refractivity contribution in [3.63, 3.8) is 0 Å². The summed E-state index contributed by atoms with van der Waals surface area (Å²) in [6.07, 6.45) is 4.85. The van der Waals surface area contributed by atoms with Crippen molar-refractivity contribution in [2.45, 2.75) is 26.3 Å². The topological polar surface area (TPSA) is 37.8 Å². The Balaban J connectivity index is 2.23. The Morgan fingerprint density at radius 2 is 2.12 bits per heavy atom. The van der Waals surface area contributed by atoms with Gasteiger partial charge in [-0.1, -0.05) is 13.0 Å². The molecular formula is C13H17N3S. The Labute approximate surface area is 106 Å². The van der Waals surface area contributed by atoms with Crippen LogP contribution < -0.4 is 5.32 Å². The molecule has 2 aromatic heterocycles. The molecule has 2 rings (SSSR count). The average molecular weight is 247 g/mol. The third-order valence-corrected chi connectivity index (χ3v) is 3.42. The van der Waals surface area contributed by atoms with E-state index in [1.54, 1.807) is 11.3 Å². The van der Waals surface area contributed by atoms with Gasteiger partial charge >= 0.3 is 0 Å². The minimum atomic E-state index is 0.121. The lowest BCUT2D eigenvalue weighted by molar-refractivity contribution is 0.578. The Bertz CT molecular complexity index is 436. The second-order valence-electron chi connectivity index (χ2n) is 4.02. The zero-order valence-electron chi connectivity index (χ0n) is 10.2. The van der Waals surface area contributed by atoms with Gasteiger partial charge in [0.05, 0.1) is 0 Å². The maximum Gasteiger partial charge on any atom is 0.150 e. The Morgan fingerprint density at radius 3 is 2.71 bits per heavy atom. The van der Waals surface area contributed by atoms with E-state index < -0.39 is 0 Å². The summed E-state index contributed by atoms with van der Waals surface area (Å²) < 4.78 is 0. The average Bonchev–Trinajstić information content (AvgIpc) is 2.85. The zero-order chi connectivity index (χ0) is 12.1. The van der Waals surface area contributed by atoms with Crippen molar-refractivity contribution in [2.75, 3.05) is 6.54 Å². The van der Waals surface area contributed by atoms with Crippen LogP contribution in [0.3, 0.4) is 0 Å². The summed E-state index contributed by atoms with van der Waals surface area (Å²) in [7, 11) is 0. The minimum absolute atomic E-state index is 0.121. The van der Waals surface area contributed by atoms with Gasteiger partial charge in [-0.05, 0) is 36.9 Å². The normalized spacial score (nSPS) is 12.6. The van der Waals surface area contributed by atoms with Gasteiger partial charge < -0.3 is 5.32 Å². The lowest BCUT2D eigenvalue weighted by Crippen LogP contribution is -2.24. The molecule has 3 nitrogen and oxygen atoms in total. The minimum Gasteiger partial charge on any atom is -0.303 e. The molecule has 0 saturated heterocycles. The lowest BCUT2D eigenvalue weighted by atomic mass is 10.2. The summed E-state index contributed by atoms with van der Waals surface area (Å²) in [5.74, 6) is 0.853. The van der Waals surface area contributed by atoms with E-state index in [9.17, 15) is 0 Å². The van der Waals surface area contributed by atoms with E-state index in [2.05, 4.69) is 39.7 Å². The molecule has 17 heavy (non-hydrogen) atoms. The molecule has 0 aliphatic carbocycles. The summed E-state index contributed by atoms with van der Waals surface area (Å²) in [6, 6.07) is 4.31. The van der Waals surface area contributed by atoms with E-state index in [1.165, 1.54) is 4.88 Å². The van der Waals surface area contributed by atoms with Gasteiger partial charge in [-0.15, -0.1) is 11.3 Å². The Kier molecular flexibility index (Phi) is 4.23. The van der Waals surface area contributed by atoms with Gasteiger partial charge in [-0.3, -0.25) is 0 Å². The fourth-order valence-electron chi connectivity index (χ4n) is 1.61. The molecule has 1 unspecified atom stereocenters. The van der Waals surface area contributed by atoms with Crippen LogP contribution in [-0.4, -0.2) is 16.5 Å². The molecule has 0 amide bonds. The molecule has 0 bridgehead atoms. The first-order chi connectivity index (χ1) is 8.31. The fourth-order valence-corrected chi connectivity index (χ4v) is 2.41. The van der Waals surface area contributed by atoms with Crippen LogP contribution in [0.2, 0.25) is 0 Å². The predicted octanol–water partition coefficient (Wildman–Crippen LogP) is 2.94. The second-order valence-corrected chi connectivity index (χ2v) is 5.00. The monoisotopic (exact) mass is 247 g/mol. The SMILES string of the molecule is CCCNC(c1ncc(C)cn1)c1cccs1. The summed E-state index contributed by atoms with van der Waals surface area (Å²) in [5.41, 5.74) is 1.09. The first kappa shape index (κ1) is 12.2. The molecular weight excluding hydrogens is 230 g/mol. The highest BCUT2D eigenvalue weighted by Gasteiger charge is 2.16. The highest BCUT2D eigenvalue weighted by molar-refractivity contribution is 7.10. The lowest BCUT2D eigenvalue weighted by Gasteiger charge is -2.15. The summed E-state index contributed by atoms with van der Waals surface area (Å²) >= 11 is 1.74. The van der Waals surface area contributed by atoms with Crippen LogP contribution in [0.5, 0.6) is 0 Å². The molecule has 0 radical (unpaired) electrons. The number of aromatic nitrogens is 2. The third-order valence-electron chi connectivity index (χ3n) is 2.49. The fraction of sp³-hybridized carbons (Fsp3) is 0.385. The van der Waals surface area contributed by atoms with E-state index in [-0.39, 0.29) is 6.04 Å². The predicted molar refractivity (Wildman–Crippen MR) is 71.2 cm³/mol. The van der Waals surface area contributed by atoms with Crippen molar-refractivity contribution in [1.29, 1.82) is 0 Å². The smallest absolute Gasteiger partial charge is 0.150 e.